The number of para-hydroxylation sites is 1. The average molecular weight is 419 g/mol. The zero-order chi connectivity index (χ0) is 21.7. The standard InChI is InChI=1S/C23H21N3O5/c27-21(17-8-4-5-9-18(17)26(30)31)24(13-14-6-2-1-3-7-14)25-22(28)19-15-10-11-16(12-15)20(19)23(25)29/h1-9,15-16,19-20H,10-13H2/t15-,16-,19-,20-/m0/s1. The number of amides is 3. The summed E-state index contributed by atoms with van der Waals surface area (Å²) in [6.45, 7) is -0.0298. The lowest BCUT2D eigenvalue weighted by molar-refractivity contribution is -0.385. The average Bonchev–Trinajstić information content (AvgIpc) is 3.46. The Bertz CT molecular complexity index is 1060. The number of carbonyl (C=O) groups excluding carboxylic acids is 3. The van der Waals surface area contributed by atoms with Crippen molar-refractivity contribution in [1.82, 2.24) is 10.0 Å². The molecule has 3 fully saturated rings. The van der Waals surface area contributed by atoms with Gasteiger partial charge in [-0.05, 0) is 42.7 Å². The van der Waals surface area contributed by atoms with Crippen LogP contribution in [0.1, 0.15) is 35.2 Å². The minimum atomic E-state index is -0.731. The molecule has 31 heavy (non-hydrogen) atoms. The Morgan fingerprint density at radius 3 is 2.16 bits per heavy atom. The Labute approximate surface area is 178 Å². The normalized spacial score (nSPS) is 26.3. The molecule has 3 aliphatic rings. The first-order chi connectivity index (χ1) is 15.0. The van der Waals surface area contributed by atoms with Crippen LogP contribution in [-0.2, 0) is 16.1 Å². The lowest BCUT2D eigenvalue weighted by atomic mass is 9.81. The Kier molecular flexibility index (Phi) is 4.57. The number of nitro groups is 1. The zero-order valence-electron chi connectivity index (χ0n) is 16.7. The van der Waals surface area contributed by atoms with E-state index in [-0.39, 0.29) is 53.3 Å². The Morgan fingerprint density at radius 2 is 1.55 bits per heavy atom. The number of hydrogen-bond acceptors (Lipinski definition) is 5. The van der Waals surface area contributed by atoms with Crippen LogP contribution in [0.15, 0.2) is 54.6 Å². The molecule has 0 N–H and O–H groups in total. The highest BCUT2D eigenvalue weighted by Crippen LogP contribution is 2.56. The summed E-state index contributed by atoms with van der Waals surface area (Å²) in [6, 6.07) is 14.6. The lowest BCUT2D eigenvalue weighted by Crippen LogP contribution is -2.50. The number of hydrogen-bond donors (Lipinski definition) is 0. The van der Waals surface area contributed by atoms with Crippen molar-refractivity contribution in [3.05, 3.63) is 75.8 Å². The molecule has 8 heteroatoms. The second-order valence-corrected chi connectivity index (χ2v) is 8.50. The number of nitrogens with zero attached hydrogens (tertiary/aromatic N) is 3. The topological polar surface area (TPSA) is 101 Å². The molecule has 8 nitrogen and oxygen atoms in total. The van der Waals surface area contributed by atoms with Gasteiger partial charge in [-0.1, -0.05) is 42.5 Å². The molecular weight excluding hydrogens is 398 g/mol. The van der Waals surface area contributed by atoms with E-state index in [4.69, 9.17) is 0 Å². The predicted octanol–water partition coefficient (Wildman–Crippen LogP) is 3.18. The van der Waals surface area contributed by atoms with Crippen molar-refractivity contribution in [3.8, 4) is 0 Å². The number of carbonyl (C=O) groups is 3. The molecule has 2 aliphatic carbocycles. The van der Waals surface area contributed by atoms with Gasteiger partial charge in [0.1, 0.15) is 5.56 Å². The highest BCUT2D eigenvalue weighted by molar-refractivity contribution is 6.09. The number of benzene rings is 2. The van der Waals surface area contributed by atoms with Crippen molar-refractivity contribution in [3.63, 3.8) is 0 Å². The largest absolute Gasteiger partial charge is 0.282 e. The summed E-state index contributed by atoms with van der Waals surface area (Å²) in [6.07, 6.45) is 2.74. The fraction of sp³-hybridized carbons (Fsp3) is 0.348. The summed E-state index contributed by atoms with van der Waals surface area (Å²) in [5.74, 6) is -1.86. The van der Waals surface area contributed by atoms with E-state index in [0.29, 0.717) is 0 Å². The molecule has 2 aromatic carbocycles. The van der Waals surface area contributed by atoms with Gasteiger partial charge in [0.05, 0.1) is 23.3 Å². The van der Waals surface area contributed by atoms with Gasteiger partial charge in [0.2, 0.25) is 0 Å². The molecule has 1 saturated heterocycles. The van der Waals surface area contributed by atoms with Gasteiger partial charge in [0.25, 0.3) is 23.4 Å². The summed E-state index contributed by atoms with van der Waals surface area (Å²) in [7, 11) is 0. The van der Waals surface area contributed by atoms with Gasteiger partial charge >= 0.3 is 0 Å². The van der Waals surface area contributed by atoms with Crippen molar-refractivity contribution in [2.75, 3.05) is 0 Å². The van der Waals surface area contributed by atoms with Gasteiger partial charge in [-0.2, -0.15) is 5.01 Å². The molecule has 2 aromatic rings. The van der Waals surface area contributed by atoms with Crippen molar-refractivity contribution in [2.24, 2.45) is 23.7 Å². The van der Waals surface area contributed by atoms with Gasteiger partial charge in [-0.15, -0.1) is 0 Å². The van der Waals surface area contributed by atoms with Crippen LogP contribution in [0, 0.1) is 33.8 Å². The first-order valence-corrected chi connectivity index (χ1v) is 10.4. The van der Waals surface area contributed by atoms with Crippen LogP contribution in [0.4, 0.5) is 5.69 Å². The maximum atomic E-state index is 13.5. The Morgan fingerprint density at radius 1 is 0.968 bits per heavy atom. The van der Waals surface area contributed by atoms with E-state index < -0.39 is 10.8 Å². The van der Waals surface area contributed by atoms with Gasteiger partial charge in [0.15, 0.2) is 0 Å². The third-order valence-electron chi connectivity index (χ3n) is 6.89. The molecule has 2 saturated carbocycles. The van der Waals surface area contributed by atoms with E-state index in [9.17, 15) is 24.5 Å². The summed E-state index contributed by atoms with van der Waals surface area (Å²) in [5, 5.41) is 13.6. The van der Waals surface area contributed by atoms with Crippen molar-refractivity contribution >= 4 is 23.4 Å². The third-order valence-corrected chi connectivity index (χ3v) is 6.89. The molecule has 1 aliphatic heterocycles. The van der Waals surface area contributed by atoms with E-state index in [1.165, 1.54) is 24.3 Å². The molecule has 0 aromatic heterocycles. The number of rotatable bonds is 5. The fourth-order valence-corrected chi connectivity index (χ4v) is 5.57. The zero-order valence-corrected chi connectivity index (χ0v) is 16.7. The highest BCUT2D eigenvalue weighted by atomic mass is 16.6. The predicted molar refractivity (Wildman–Crippen MR) is 109 cm³/mol. The number of nitro benzene ring substituents is 1. The van der Waals surface area contributed by atoms with Crippen LogP contribution in [0.2, 0.25) is 0 Å². The van der Waals surface area contributed by atoms with Crippen LogP contribution in [-0.4, -0.2) is 32.7 Å². The first-order valence-electron chi connectivity index (χ1n) is 10.4. The van der Waals surface area contributed by atoms with Crippen molar-refractivity contribution in [1.29, 1.82) is 0 Å². The van der Waals surface area contributed by atoms with Crippen LogP contribution < -0.4 is 0 Å². The van der Waals surface area contributed by atoms with Crippen molar-refractivity contribution in [2.45, 2.75) is 25.8 Å². The summed E-state index contributed by atoms with van der Waals surface area (Å²) in [5.41, 5.74) is 0.212. The summed E-state index contributed by atoms with van der Waals surface area (Å²) < 4.78 is 0. The van der Waals surface area contributed by atoms with E-state index in [1.807, 2.05) is 6.07 Å². The number of imide groups is 1. The van der Waals surface area contributed by atoms with E-state index >= 15 is 0 Å². The Hall–Kier alpha value is -3.55. The molecule has 0 unspecified atom stereocenters. The molecule has 0 spiro atoms. The van der Waals surface area contributed by atoms with Gasteiger partial charge in [-0.3, -0.25) is 24.5 Å². The fourth-order valence-electron chi connectivity index (χ4n) is 5.57. The highest BCUT2D eigenvalue weighted by Gasteiger charge is 2.62. The quantitative estimate of drug-likeness (QED) is 0.421. The maximum absolute atomic E-state index is 13.5. The maximum Gasteiger partial charge on any atom is 0.282 e. The number of fused-ring (bicyclic) bond motifs is 5. The van der Waals surface area contributed by atoms with Gasteiger partial charge in [0, 0.05) is 6.07 Å². The van der Waals surface area contributed by atoms with E-state index in [1.54, 1.807) is 24.3 Å². The number of hydrazine groups is 1. The second kappa shape index (κ2) is 7.30. The molecular formula is C23H21N3O5. The van der Waals surface area contributed by atoms with E-state index in [0.717, 1.165) is 34.8 Å². The molecule has 2 bridgehead atoms. The van der Waals surface area contributed by atoms with Crippen molar-refractivity contribution < 1.29 is 19.3 Å². The molecule has 158 valence electrons. The van der Waals surface area contributed by atoms with E-state index in [2.05, 4.69) is 0 Å². The first kappa shape index (κ1) is 19.4. The minimum absolute atomic E-state index is 0.0298. The monoisotopic (exact) mass is 419 g/mol. The SMILES string of the molecule is O=C(c1ccccc1[N+](=O)[O-])N(Cc1ccccc1)N1C(=O)[C@H]2[C@H]3CC[C@@H](C3)[C@@H]2C1=O. The second-order valence-electron chi connectivity index (χ2n) is 8.50. The Balaban J connectivity index is 1.56. The minimum Gasteiger partial charge on any atom is -0.272 e. The van der Waals surface area contributed by atoms with Crippen LogP contribution in [0.5, 0.6) is 0 Å². The molecule has 4 atom stereocenters. The summed E-state index contributed by atoms with van der Waals surface area (Å²) in [4.78, 5) is 51.1. The van der Waals surface area contributed by atoms with Crippen LogP contribution in [0.25, 0.3) is 0 Å². The lowest BCUT2D eigenvalue weighted by Gasteiger charge is -2.31. The van der Waals surface area contributed by atoms with Crippen LogP contribution >= 0.6 is 0 Å². The van der Waals surface area contributed by atoms with Crippen LogP contribution in [0.3, 0.4) is 0 Å². The van der Waals surface area contributed by atoms with Gasteiger partial charge < -0.3 is 0 Å². The summed E-state index contributed by atoms with van der Waals surface area (Å²) >= 11 is 0. The molecule has 5 rings (SSSR count). The van der Waals surface area contributed by atoms with Gasteiger partial charge in [-0.25, -0.2) is 5.01 Å². The molecule has 1 heterocycles. The smallest absolute Gasteiger partial charge is 0.272 e. The molecule has 3 amide bonds. The third kappa shape index (κ3) is 3.01. The molecule has 0 radical (unpaired) electrons.